The van der Waals surface area contributed by atoms with E-state index >= 15 is 0 Å². The van der Waals surface area contributed by atoms with E-state index in [-0.39, 0.29) is 5.91 Å². The van der Waals surface area contributed by atoms with Crippen LogP contribution in [0.4, 0.5) is 0 Å². The third-order valence-electron chi connectivity index (χ3n) is 3.24. The highest BCUT2D eigenvalue weighted by Gasteiger charge is 2.08. The maximum absolute atomic E-state index is 12.0. The topological polar surface area (TPSA) is 54.9 Å². The summed E-state index contributed by atoms with van der Waals surface area (Å²) in [7, 11) is 0. The molecule has 0 radical (unpaired) electrons. The van der Waals surface area contributed by atoms with E-state index in [9.17, 15) is 4.79 Å². The standard InChI is InChI=1S/C16H17N3OS3/c1-21-10-16-18-11(9-22-16)8-17-14(20)6-7-15-19-12-4-2-3-5-13(12)23-15/h2-5,9H,6-8,10H2,1H3,(H,17,20). The van der Waals surface area contributed by atoms with Gasteiger partial charge in [0.25, 0.3) is 0 Å². The Bertz CT molecular complexity index is 764. The quantitative estimate of drug-likeness (QED) is 0.692. The van der Waals surface area contributed by atoms with Crippen LogP contribution in [-0.2, 0) is 23.5 Å². The number of rotatable bonds is 7. The van der Waals surface area contributed by atoms with Gasteiger partial charge in [-0.15, -0.1) is 22.7 Å². The summed E-state index contributed by atoms with van der Waals surface area (Å²) in [5.74, 6) is 0.972. The van der Waals surface area contributed by atoms with E-state index in [1.807, 2.05) is 23.6 Å². The molecule has 1 aromatic carbocycles. The second-order valence-electron chi connectivity index (χ2n) is 5.02. The van der Waals surface area contributed by atoms with E-state index in [1.54, 1.807) is 34.4 Å². The number of aryl methyl sites for hydroxylation is 1. The summed E-state index contributed by atoms with van der Waals surface area (Å²) in [5.41, 5.74) is 1.95. The summed E-state index contributed by atoms with van der Waals surface area (Å²) in [6.07, 6.45) is 3.20. The minimum absolute atomic E-state index is 0.0451. The molecule has 0 atom stereocenters. The lowest BCUT2D eigenvalue weighted by atomic mass is 10.3. The highest BCUT2D eigenvalue weighted by Crippen LogP contribution is 2.22. The molecule has 0 saturated carbocycles. The minimum atomic E-state index is 0.0451. The number of carbonyl (C=O) groups excluding carboxylic acids is 1. The van der Waals surface area contributed by atoms with Crippen molar-refractivity contribution in [3.05, 3.63) is 45.4 Å². The van der Waals surface area contributed by atoms with Gasteiger partial charge in [-0.3, -0.25) is 4.79 Å². The first-order valence-corrected chi connectivity index (χ1v) is 10.4. The Hall–Kier alpha value is -1.44. The zero-order valence-electron chi connectivity index (χ0n) is 12.7. The second kappa shape index (κ2) is 7.90. The maximum Gasteiger partial charge on any atom is 0.220 e. The van der Waals surface area contributed by atoms with Crippen LogP contribution in [0.1, 0.15) is 22.1 Å². The Morgan fingerprint density at radius 3 is 2.96 bits per heavy atom. The van der Waals surface area contributed by atoms with Gasteiger partial charge in [-0.05, 0) is 18.4 Å². The largest absolute Gasteiger partial charge is 0.350 e. The SMILES string of the molecule is CSCc1nc(CNC(=O)CCc2nc3ccccc3s2)cs1. The van der Waals surface area contributed by atoms with Crippen molar-refractivity contribution in [1.82, 2.24) is 15.3 Å². The Labute approximate surface area is 147 Å². The monoisotopic (exact) mass is 363 g/mol. The number of hydrogen-bond acceptors (Lipinski definition) is 6. The second-order valence-corrected chi connectivity index (χ2v) is 7.94. The van der Waals surface area contributed by atoms with Crippen LogP contribution in [0.5, 0.6) is 0 Å². The number of benzene rings is 1. The molecule has 7 heteroatoms. The zero-order valence-corrected chi connectivity index (χ0v) is 15.2. The Morgan fingerprint density at radius 1 is 1.26 bits per heavy atom. The molecule has 2 aromatic heterocycles. The van der Waals surface area contributed by atoms with Gasteiger partial charge in [-0.1, -0.05) is 12.1 Å². The van der Waals surface area contributed by atoms with Gasteiger partial charge in [-0.2, -0.15) is 11.8 Å². The van der Waals surface area contributed by atoms with Crippen molar-refractivity contribution in [1.29, 1.82) is 0 Å². The van der Waals surface area contributed by atoms with Gasteiger partial charge in [0.15, 0.2) is 0 Å². The van der Waals surface area contributed by atoms with Crippen molar-refractivity contribution in [2.75, 3.05) is 6.26 Å². The predicted molar refractivity (Wildman–Crippen MR) is 99.1 cm³/mol. The maximum atomic E-state index is 12.0. The summed E-state index contributed by atoms with van der Waals surface area (Å²) >= 11 is 5.06. The highest BCUT2D eigenvalue weighted by atomic mass is 32.2. The van der Waals surface area contributed by atoms with Crippen molar-refractivity contribution in [3.63, 3.8) is 0 Å². The smallest absolute Gasteiger partial charge is 0.220 e. The molecule has 0 spiro atoms. The van der Waals surface area contributed by atoms with Crippen LogP contribution in [-0.4, -0.2) is 22.1 Å². The highest BCUT2D eigenvalue weighted by molar-refractivity contribution is 7.97. The number of carbonyl (C=O) groups is 1. The van der Waals surface area contributed by atoms with Crippen LogP contribution in [0.25, 0.3) is 10.2 Å². The van der Waals surface area contributed by atoms with Gasteiger partial charge in [0.05, 0.1) is 27.5 Å². The third kappa shape index (κ3) is 4.53. The third-order valence-corrected chi connectivity index (χ3v) is 5.98. The van der Waals surface area contributed by atoms with Crippen molar-refractivity contribution in [2.45, 2.75) is 25.1 Å². The molecule has 1 N–H and O–H groups in total. The number of amides is 1. The van der Waals surface area contributed by atoms with Gasteiger partial charge >= 0.3 is 0 Å². The molecular weight excluding hydrogens is 346 g/mol. The van der Waals surface area contributed by atoms with Gasteiger partial charge in [0.1, 0.15) is 5.01 Å². The molecule has 120 valence electrons. The van der Waals surface area contributed by atoms with E-state index < -0.39 is 0 Å². The predicted octanol–water partition coefficient (Wildman–Crippen LogP) is 3.86. The molecule has 2 heterocycles. The van der Waals surface area contributed by atoms with Crippen molar-refractivity contribution in [2.24, 2.45) is 0 Å². The molecule has 3 rings (SSSR count). The number of nitrogens with zero attached hydrogens (tertiary/aromatic N) is 2. The normalized spacial score (nSPS) is 11.0. The minimum Gasteiger partial charge on any atom is -0.350 e. The number of aromatic nitrogens is 2. The lowest BCUT2D eigenvalue weighted by Crippen LogP contribution is -2.23. The van der Waals surface area contributed by atoms with Gasteiger partial charge in [0.2, 0.25) is 5.91 Å². The summed E-state index contributed by atoms with van der Waals surface area (Å²) in [4.78, 5) is 21.0. The number of nitrogens with one attached hydrogen (secondary N) is 1. The van der Waals surface area contributed by atoms with Gasteiger partial charge in [-0.25, -0.2) is 9.97 Å². The van der Waals surface area contributed by atoms with Crippen molar-refractivity contribution >= 4 is 50.6 Å². The summed E-state index contributed by atoms with van der Waals surface area (Å²) in [6.45, 7) is 0.504. The molecule has 0 aliphatic heterocycles. The molecule has 23 heavy (non-hydrogen) atoms. The van der Waals surface area contributed by atoms with Crippen LogP contribution >= 0.6 is 34.4 Å². The molecule has 3 aromatic rings. The number of hydrogen-bond donors (Lipinski definition) is 1. The van der Waals surface area contributed by atoms with Crippen LogP contribution in [0.2, 0.25) is 0 Å². The fourth-order valence-electron chi connectivity index (χ4n) is 2.14. The van der Waals surface area contributed by atoms with Crippen molar-refractivity contribution < 1.29 is 4.79 Å². The van der Waals surface area contributed by atoms with E-state index in [0.29, 0.717) is 19.4 Å². The van der Waals surface area contributed by atoms with E-state index in [1.165, 1.54) is 4.70 Å². The fraction of sp³-hybridized carbons (Fsp3) is 0.312. The van der Waals surface area contributed by atoms with E-state index in [2.05, 4.69) is 27.6 Å². The first-order valence-electron chi connectivity index (χ1n) is 7.28. The van der Waals surface area contributed by atoms with Crippen LogP contribution in [0.3, 0.4) is 0 Å². The lowest BCUT2D eigenvalue weighted by molar-refractivity contribution is -0.121. The Kier molecular flexibility index (Phi) is 5.64. The molecule has 0 unspecified atom stereocenters. The number of thioether (sulfide) groups is 1. The summed E-state index contributed by atoms with van der Waals surface area (Å²) in [5, 5.41) is 7.07. The van der Waals surface area contributed by atoms with Crippen LogP contribution < -0.4 is 5.32 Å². The number of fused-ring (bicyclic) bond motifs is 1. The summed E-state index contributed by atoms with van der Waals surface area (Å²) < 4.78 is 1.17. The van der Waals surface area contributed by atoms with Crippen molar-refractivity contribution in [3.8, 4) is 0 Å². The van der Waals surface area contributed by atoms with Gasteiger partial charge in [0, 0.05) is 24.0 Å². The molecule has 0 fully saturated rings. The molecular formula is C16H17N3OS3. The van der Waals surface area contributed by atoms with Crippen LogP contribution in [0.15, 0.2) is 29.6 Å². The average molecular weight is 364 g/mol. The zero-order chi connectivity index (χ0) is 16.1. The molecule has 0 saturated heterocycles. The first-order chi connectivity index (χ1) is 11.2. The average Bonchev–Trinajstić information content (AvgIpc) is 3.17. The molecule has 0 aliphatic carbocycles. The fourth-order valence-corrected chi connectivity index (χ4v) is 4.63. The number of thiazole rings is 2. The summed E-state index contributed by atoms with van der Waals surface area (Å²) in [6, 6.07) is 8.06. The molecule has 0 aliphatic rings. The number of para-hydroxylation sites is 1. The van der Waals surface area contributed by atoms with E-state index in [4.69, 9.17) is 0 Å². The van der Waals surface area contributed by atoms with Crippen LogP contribution in [0, 0.1) is 0 Å². The Balaban J connectivity index is 1.47. The Morgan fingerprint density at radius 2 is 2.13 bits per heavy atom. The van der Waals surface area contributed by atoms with E-state index in [0.717, 1.165) is 27.0 Å². The molecule has 1 amide bonds. The lowest BCUT2D eigenvalue weighted by Gasteiger charge is -2.01. The first kappa shape index (κ1) is 16.4. The molecule has 4 nitrogen and oxygen atoms in total. The van der Waals surface area contributed by atoms with Gasteiger partial charge < -0.3 is 5.32 Å². The molecule has 0 bridgehead atoms.